The Bertz CT molecular complexity index is 690. The van der Waals surface area contributed by atoms with Gasteiger partial charge in [0.15, 0.2) is 0 Å². The summed E-state index contributed by atoms with van der Waals surface area (Å²) in [6.07, 6.45) is 1.39. The summed E-state index contributed by atoms with van der Waals surface area (Å²) in [5, 5.41) is 2.89. The number of hydrogen-bond donors (Lipinski definition) is 3. The van der Waals surface area contributed by atoms with Crippen LogP contribution in [0, 0.1) is 12.7 Å². The lowest BCUT2D eigenvalue weighted by Crippen LogP contribution is -2.15. The molecule has 0 aliphatic carbocycles. The number of nitrogen functional groups attached to an aromatic ring is 1. The van der Waals surface area contributed by atoms with Crippen LogP contribution in [0.5, 0.6) is 0 Å². The van der Waals surface area contributed by atoms with Crippen molar-refractivity contribution in [1.29, 1.82) is 0 Å². The lowest BCUT2D eigenvalue weighted by molar-refractivity contribution is 0.100. The highest BCUT2D eigenvalue weighted by Gasteiger charge is 2.12. The van der Waals surface area contributed by atoms with E-state index in [4.69, 9.17) is 11.5 Å². The van der Waals surface area contributed by atoms with E-state index in [1.807, 2.05) is 0 Å². The molecular formula is C13H12BrFN4O. The van der Waals surface area contributed by atoms with E-state index in [0.717, 1.165) is 5.56 Å². The van der Waals surface area contributed by atoms with Crippen molar-refractivity contribution in [3.05, 3.63) is 45.8 Å². The zero-order valence-corrected chi connectivity index (χ0v) is 12.2. The number of carbonyl (C=O) groups is 1. The average Bonchev–Trinajstić information content (AvgIpc) is 2.37. The molecule has 1 heterocycles. The first-order valence-electron chi connectivity index (χ1n) is 5.66. The predicted octanol–water partition coefficient (Wildman–Crippen LogP) is 2.72. The first-order chi connectivity index (χ1) is 9.38. The van der Waals surface area contributed by atoms with Gasteiger partial charge in [0.1, 0.15) is 11.6 Å². The number of primary amides is 1. The molecule has 5 N–H and O–H groups in total. The first kappa shape index (κ1) is 14.3. The molecule has 0 aliphatic rings. The van der Waals surface area contributed by atoms with Crippen molar-refractivity contribution >= 4 is 39.0 Å². The highest BCUT2D eigenvalue weighted by molar-refractivity contribution is 9.10. The molecule has 0 atom stereocenters. The van der Waals surface area contributed by atoms with Crippen LogP contribution in [0.25, 0.3) is 0 Å². The molecule has 0 aliphatic heterocycles. The number of nitrogens with zero attached hydrogens (tertiary/aromatic N) is 1. The summed E-state index contributed by atoms with van der Waals surface area (Å²) in [6.45, 7) is 1.80. The molecule has 0 unspecified atom stereocenters. The Kier molecular flexibility index (Phi) is 3.89. The summed E-state index contributed by atoms with van der Waals surface area (Å²) in [7, 11) is 0. The van der Waals surface area contributed by atoms with Crippen LogP contribution in [-0.4, -0.2) is 10.9 Å². The Balaban J connectivity index is 2.45. The number of halogens is 2. The predicted molar refractivity (Wildman–Crippen MR) is 79.3 cm³/mol. The van der Waals surface area contributed by atoms with Crippen molar-refractivity contribution in [2.24, 2.45) is 5.73 Å². The van der Waals surface area contributed by atoms with Crippen molar-refractivity contribution in [2.45, 2.75) is 6.92 Å². The smallest absolute Gasteiger partial charge is 0.252 e. The molecule has 0 radical (unpaired) electrons. The Morgan fingerprint density at radius 3 is 2.75 bits per heavy atom. The minimum Gasteiger partial charge on any atom is -0.397 e. The zero-order chi connectivity index (χ0) is 14.9. The van der Waals surface area contributed by atoms with Gasteiger partial charge in [0, 0.05) is 5.69 Å². The number of nitrogens with one attached hydrogen (secondary N) is 1. The summed E-state index contributed by atoms with van der Waals surface area (Å²) in [4.78, 5) is 15.4. The summed E-state index contributed by atoms with van der Waals surface area (Å²) in [6, 6.07) is 4.35. The molecule has 5 nitrogen and oxygen atoms in total. The maximum absolute atomic E-state index is 13.6. The lowest BCUT2D eigenvalue weighted by Gasteiger charge is -2.12. The molecule has 7 heteroatoms. The Labute approximate surface area is 123 Å². The fraction of sp³-hybridized carbons (Fsp3) is 0.0769. The van der Waals surface area contributed by atoms with Crippen LogP contribution in [0.15, 0.2) is 28.9 Å². The van der Waals surface area contributed by atoms with Gasteiger partial charge in [-0.3, -0.25) is 4.79 Å². The van der Waals surface area contributed by atoms with Gasteiger partial charge in [0.25, 0.3) is 5.91 Å². The summed E-state index contributed by atoms with van der Waals surface area (Å²) in [5.74, 6) is -0.853. The second kappa shape index (κ2) is 5.46. The highest BCUT2D eigenvalue weighted by Crippen LogP contribution is 2.27. The van der Waals surface area contributed by atoms with E-state index in [9.17, 15) is 9.18 Å². The maximum Gasteiger partial charge on any atom is 0.252 e. The molecule has 20 heavy (non-hydrogen) atoms. The van der Waals surface area contributed by atoms with E-state index in [1.54, 1.807) is 13.0 Å². The molecule has 0 spiro atoms. The molecule has 1 aromatic carbocycles. The lowest BCUT2D eigenvalue weighted by atomic mass is 10.1. The number of carbonyl (C=O) groups excluding carboxylic acids is 1. The normalized spacial score (nSPS) is 10.3. The molecule has 1 amide bonds. The van der Waals surface area contributed by atoms with Gasteiger partial charge in [-0.2, -0.15) is 0 Å². The van der Waals surface area contributed by atoms with Gasteiger partial charge in [-0.15, -0.1) is 0 Å². The van der Waals surface area contributed by atoms with Crippen molar-refractivity contribution < 1.29 is 9.18 Å². The third kappa shape index (κ3) is 2.88. The zero-order valence-electron chi connectivity index (χ0n) is 10.6. The number of aromatic nitrogens is 1. The van der Waals surface area contributed by atoms with Crippen molar-refractivity contribution in [2.75, 3.05) is 11.1 Å². The Hall–Kier alpha value is -2.15. The summed E-state index contributed by atoms with van der Waals surface area (Å²) < 4.78 is 13.9. The van der Waals surface area contributed by atoms with E-state index in [0.29, 0.717) is 15.8 Å². The standard InChI is InChI=1S/C13H12BrFN4O/c1-6-2-9(14)10(15)4-11(6)19-13-8(12(17)20)3-7(16)5-18-13/h2-5H,16H2,1H3,(H2,17,20)(H,18,19). The maximum atomic E-state index is 13.6. The fourth-order valence-electron chi connectivity index (χ4n) is 1.68. The van der Waals surface area contributed by atoms with Gasteiger partial charge in [-0.05, 0) is 46.6 Å². The van der Waals surface area contributed by atoms with Gasteiger partial charge >= 0.3 is 0 Å². The first-order valence-corrected chi connectivity index (χ1v) is 6.45. The number of amides is 1. The molecule has 2 aromatic rings. The van der Waals surface area contributed by atoms with Crippen LogP contribution in [0.3, 0.4) is 0 Å². The Morgan fingerprint density at radius 1 is 1.40 bits per heavy atom. The van der Waals surface area contributed by atoms with Crippen LogP contribution in [0.1, 0.15) is 15.9 Å². The van der Waals surface area contributed by atoms with E-state index in [-0.39, 0.29) is 11.4 Å². The number of benzene rings is 1. The molecular weight excluding hydrogens is 327 g/mol. The second-order valence-electron chi connectivity index (χ2n) is 4.24. The SMILES string of the molecule is Cc1cc(Br)c(F)cc1Nc1ncc(N)cc1C(N)=O. The molecule has 1 aromatic heterocycles. The van der Waals surface area contributed by atoms with E-state index in [2.05, 4.69) is 26.2 Å². The third-order valence-electron chi connectivity index (χ3n) is 2.69. The van der Waals surface area contributed by atoms with Crippen molar-refractivity contribution in [3.63, 3.8) is 0 Å². The molecule has 0 bridgehead atoms. The number of hydrogen-bond acceptors (Lipinski definition) is 4. The molecule has 0 saturated heterocycles. The fourth-order valence-corrected chi connectivity index (χ4v) is 2.13. The van der Waals surface area contributed by atoms with Gasteiger partial charge in [-0.1, -0.05) is 0 Å². The van der Waals surface area contributed by atoms with Crippen LogP contribution in [0.4, 0.5) is 21.6 Å². The van der Waals surface area contributed by atoms with Crippen LogP contribution < -0.4 is 16.8 Å². The molecule has 0 saturated carbocycles. The number of pyridine rings is 1. The minimum atomic E-state index is -0.664. The topological polar surface area (TPSA) is 94.0 Å². The number of aryl methyl sites for hydroxylation is 1. The number of anilines is 3. The Morgan fingerprint density at radius 2 is 2.10 bits per heavy atom. The van der Waals surface area contributed by atoms with Gasteiger partial charge < -0.3 is 16.8 Å². The van der Waals surface area contributed by atoms with Gasteiger partial charge in [0.05, 0.1) is 21.9 Å². The van der Waals surface area contributed by atoms with Crippen molar-refractivity contribution in [3.8, 4) is 0 Å². The quantitative estimate of drug-likeness (QED) is 0.801. The second-order valence-corrected chi connectivity index (χ2v) is 5.09. The van der Waals surface area contributed by atoms with Gasteiger partial charge in [-0.25, -0.2) is 9.37 Å². The average molecular weight is 339 g/mol. The molecule has 0 fully saturated rings. The monoisotopic (exact) mass is 338 g/mol. The van der Waals surface area contributed by atoms with Crippen LogP contribution in [-0.2, 0) is 0 Å². The third-order valence-corrected chi connectivity index (χ3v) is 3.30. The molecule has 2 rings (SSSR count). The van der Waals surface area contributed by atoms with E-state index in [1.165, 1.54) is 18.3 Å². The summed E-state index contributed by atoms with van der Waals surface area (Å²) >= 11 is 3.10. The number of rotatable bonds is 3. The number of nitrogens with two attached hydrogens (primary N) is 2. The largest absolute Gasteiger partial charge is 0.397 e. The van der Waals surface area contributed by atoms with Crippen LogP contribution >= 0.6 is 15.9 Å². The van der Waals surface area contributed by atoms with Crippen LogP contribution in [0.2, 0.25) is 0 Å². The molecule has 104 valence electrons. The van der Waals surface area contributed by atoms with E-state index < -0.39 is 11.7 Å². The van der Waals surface area contributed by atoms with Gasteiger partial charge in [0.2, 0.25) is 0 Å². The minimum absolute atomic E-state index is 0.146. The summed E-state index contributed by atoms with van der Waals surface area (Å²) in [5.41, 5.74) is 12.6. The highest BCUT2D eigenvalue weighted by atomic mass is 79.9. The van der Waals surface area contributed by atoms with Crippen molar-refractivity contribution in [1.82, 2.24) is 4.98 Å². The van der Waals surface area contributed by atoms with E-state index >= 15 is 0 Å².